The number of nitrogens with one attached hydrogen (secondary N) is 1. The molecule has 18 heavy (non-hydrogen) atoms. The highest BCUT2D eigenvalue weighted by atomic mass is 15.2. The predicted molar refractivity (Wildman–Crippen MR) is 79.7 cm³/mol. The Bertz CT molecular complexity index is 376. The fourth-order valence-corrected chi connectivity index (χ4v) is 2.60. The first-order valence-corrected chi connectivity index (χ1v) is 6.97. The summed E-state index contributed by atoms with van der Waals surface area (Å²) in [5.74, 6) is 0. The van der Waals surface area contributed by atoms with Crippen molar-refractivity contribution in [2.75, 3.05) is 43.5 Å². The molecule has 0 bridgehead atoms. The van der Waals surface area contributed by atoms with Crippen molar-refractivity contribution < 1.29 is 0 Å². The molecule has 1 fully saturated rings. The Kier molecular flexibility index (Phi) is 4.48. The molecular weight excluding hydrogens is 222 g/mol. The van der Waals surface area contributed by atoms with Crippen molar-refractivity contribution >= 4 is 11.4 Å². The number of anilines is 2. The Morgan fingerprint density at radius 1 is 1.33 bits per heavy atom. The lowest BCUT2D eigenvalue weighted by Gasteiger charge is -2.25. The zero-order valence-corrected chi connectivity index (χ0v) is 11.8. The van der Waals surface area contributed by atoms with Crippen LogP contribution >= 0.6 is 0 Å². The average Bonchev–Trinajstić information content (AvgIpc) is 2.85. The second kappa shape index (κ2) is 6.10. The first-order chi connectivity index (χ1) is 8.72. The van der Waals surface area contributed by atoms with Crippen LogP contribution in [0, 0.1) is 0 Å². The number of para-hydroxylation sites is 2. The molecule has 1 saturated heterocycles. The topological polar surface area (TPSA) is 18.5 Å². The van der Waals surface area contributed by atoms with Crippen molar-refractivity contribution in [2.45, 2.75) is 25.8 Å². The molecule has 1 unspecified atom stereocenters. The average molecular weight is 247 g/mol. The smallest absolute Gasteiger partial charge is 0.0604 e. The summed E-state index contributed by atoms with van der Waals surface area (Å²) in [6.07, 6.45) is 2.46. The maximum absolute atomic E-state index is 3.62. The van der Waals surface area contributed by atoms with Crippen LogP contribution in [0.15, 0.2) is 24.3 Å². The lowest BCUT2D eigenvalue weighted by atomic mass is 10.2. The van der Waals surface area contributed by atoms with Gasteiger partial charge >= 0.3 is 0 Å². The van der Waals surface area contributed by atoms with Gasteiger partial charge in [-0.2, -0.15) is 0 Å². The first kappa shape index (κ1) is 13.2. The minimum Gasteiger partial charge on any atom is -0.376 e. The van der Waals surface area contributed by atoms with E-state index in [1.54, 1.807) is 0 Å². The van der Waals surface area contributed by atoms with Crippen LogP contribution in [0.2, 0.25) is 0 Å². The van der Waals surface area contributed by atoms with Gasteiger partial charge in [-0.3, -0.25) is 0 Å². The largest absolute Gasteiger partial charge is 0.376 e. The number of nitrogens with zero attached hydrogens (tertiary/aromatic N) is 2. The summed E-state index contributed by atoms with van der Waals surface area (Å²) in [5, 5.41) is 3.62. The molecule has 1 aliphatic heterocycles. The Balaban J connectivity index is 2.05. The molecule has 2 rings (SSSR count). The zero-order valence-electron chi connectivity index (χ0n) is 11.8. The third-order valence-electron chi connectivity index (χ3n) is 3.58. The van der Waals surface area contributed by atoms with Crippen LogP contribution in [-0.4, -0.2) is 39.8 Å². The summed E-state index contributed by atoms with van der Waals surface area (Å²) in [5.41, 5.74) is 2.68. The first-order valence-electron chi connectivity index (χ1n) is 6.97. The van der Waals surface area contributed by atoms with E-state index in [0.29, 0.717) is 6.04 Å². The number of hydrogen-bond donors (Lipinski definition) is 1. The molecule has 0 radical (unpaired) electrons. The van der Waals surface area contributed by atoms with E-state index in [9.17, 15) is 0 Å². The van der Waals surface area contributed by atoms with Crippen LogP contribution in [0.3, 0.4) is 0 Å². The molecule has 1 N–H and O–H groups in total. The van der Waals surface area contributed by atoms with Crippen molar-refractivity contribution in [1.82, 2.24) is 5.32 Å². The fraction of sp³-hybridized carbons (Fsp3) is 0.600. The van der Waals surface area contributed by atoms with Gasteiger partial charge in [-0.15, -0.1) is 0 Å². The molecule has 1 aromatic rings. The van der Waals surface area contributed by atoms with Crippen molar-refractivity contribution in [3.8, 4) is 0 Å². The zero-order chi connectivity index (χ0) is 13.0. The van der Waals surface area contributed by atoms with E-state index in [1.807, 2.05) is 0 Å². The molecule has 0 aliphatic carbocycles. The number of hydrogen-bond acceptors (Lipinski definition) is 3. The molecule has 0 saturated carbocycles. The number of rotatable bonds is 5. The second-order valence-electron chi connectivity index (χ2n) is 5.27. The molecule has 0 aromatic heterocycles. The molecule has 1 aliphatic rings. The molecule has 1 atom stereocenters. The van der Waals surface area contributed by atoms with E-state index in [0.717, 1.165) is 19.6 Å². The van der Waals surface area contributed by atoms with Gasteiger partial charge in [-0.05, 0) is 31.5 Å². The Hall–Kier alpha value is -1.22. The van der Waals surface area contributed by atoms with E-state index >= 15 is 0 Å². The lowest BCUT2D eigenvalue weighted by Crippen LogP contribution is -2.33. The Labute approximate surface area is 111 Å². The standard InChI is InChI=1S/C15H25N3/c1-4-10-16-13-9-11-18(12-13)15-8-6-5-7-14(15)17(2)3/h5-8,13,16H,4,9-12H2,1-3H3. The van der Waals surface area contributed by atoms with Crippen molar-refractivity contribution in [1.29, 1.82) is 0 Å². The normalized spacial score (nSPS) is 19.3. The molecule has 1 heterocycles. The van der Waals surface area contributed by atoms with Gasteiger partial charge in [0.15, 0.2) is 0 Å². The monoisotopic (exact) mass is 247 g/mol. The predicted octanol–water partition coefficient (Wildman–Crippen LogP) is 2.33. The molecule has 0 amide bonds. The van der Waals surface area contributed by atoms with Crippen LogP contribution in [-0.2, 0) is 0 Å². The number of benzene rings is 1. The highest BCUT2D eigenvalue weighted by molar-refractivity contribution is 5.71. The van der Waals surface area contributed by atoms with Gasteiger partial charge in [-0.25, -0.2) is 0 Å². The fourth-order valence-electron chi connectivity index (χ4n) is 2.60. The minimum atomic E-state index is 0.653. The third-order valence-corrected chi connectivity index (χ3v) is 3.58. The highest BCUT2D eigenvalue weighted by Crippen LogP contribution is 2.30. The van der Waals surface area contributed by atoms with Crippen LogP contribution in [0.25, 0.3) is 0 Å². The minimum absolute atomic E-state index is 0.653. The maximum Gasteiger partial charge on any atom is 0.0604 e. The molecule has 3 heteroatoms. The second-order valence-corrected chi connectivity index (χ2v) is 5.27. The van der Waals surface area contributed by atoms with Gasteiger partial charge in [0.05, 0.1) is 11.4 Å². The molecule has 3 nitrogen and oxygen atoms in total. The summed E-state index contributed by atoms with van der Waals surface area (Å²) in [7, 11) is 4.23. The summed E-state index contributed by atoms with van der Waals surface area (Å²) in [6, 6.07) is 9.33. The molecule has 100 valence electrons. The highest BCUT2D eigenvalue weighted by Gasteiger charge is 2.23. The van der Waals surface area contributed by atoms with E-state index in [1.165, 1.54) is 24.2 Å². The van der Waals surface area contributed by atoms with Crippen molar-refractivity contribution in [3.63, 3.8) is 0 Å². The van der Waals surface area contributed by atoms with Gasteiger partial charge in [0, 0.05) is 33.2 Å². The summed E-state index contributed by atoms with van der Waals surface area (Å²) in [4.78, 5) is 4.70. The summed E-state index contributed by atoms with van der Waals surface area (Å²) < 4.78 is 0. The molecular formula is C15H25N3. The third kappa shape index (κ3) is 2.96. The van der Waals surface area contributed by atoms with Gasteiger partial charge in [0.1, 0.15) is 0 Å². The SMILES string of the molecule is CCCNC1CCN(c2ccccc2N(C)C)C1. The summed E-state index contributed by atoms with van der Waals surface area (Å²) >= 11 is 0. The van der Waals surface area contributed by atoms with Crippen LogP contribution in [0.4, 0.5) is 11.4 Å². The van der Waals surface area contributed by atoms with Gasteiger partial charge in [0.25, 0.3) is 0 Å². The van der Waals surface area contributed by atoms with Crippen LogP contribution in [0.5, 0.6) is 0 Å². The van der Waals surface area contributed by atoms with Crippen molar-refractivity contribution in [3.05, 3.63) is 24.3 Å². The van der Waals surface area contributed by atoms with Crippen molar-refractivity contribution in [2.24, 2.45) is 0 Å². The van der Waals surface area contributed by atoms with E-state index in [2.05, 4.69) is 60.4 Å². The van der Waals surface area contributed by atoms with Gasteiger partial charge in [-0.1, -0.05) is 19.1 Å². The van der Waals surface area contributed by atoms with Gasteiger partial charge in [0.2, 0.25) is 0 Å². The van der Waals surface area contributed by atoms with E-state index in [4.69, 9.17) is 0 Å². The van der Waals surface area contributed by atoms with E-state index < -0.39 is 0 Å². The maximum atomic E-state index is 3.62. The van der Waals surface area contributed by atoms with Crippen LogP contribution < -0.4 is 15.1 Å². The van der Waals surface area contributed by atoms with Crippen LogP contribution in [0.1, 0.15) is 19.8 Å². The molecule has 1 aromatic carbocycles. The van der Waals surface area contributed by atoms with Gasteiger partial charge < -0.3 is 15.1 Å². The summed E-state index contributed by atoms with van der Waals surface area (Å²) in [6.45, 7) is 5.64. The Morgan fingerprint density at radius 3 is 2.83 bits per heavy atom. The van der Waals surface area contributed by atoms with E-state index in [-0.39, 0.29) is 0 Å². The molecule has 0 spiro atoms. The Morgan fingerprint density at radius 2 is 2.11 bits per heavy atom. The lowest BCUT2D eigenvalue weighted by molar-refractivity contribution is 0.549. The quantitative estimate of drug-likeness (QED) is 0.861.